The molecule has 0 bridgehead atoms. The summed E-state index contributed by atoms with van der Waals surface area (Å²) in [5.41, 5.74) is 5.07. The number of nitrogens with one attached hydrogen (secondary N) is 2. The number of carbonyl (C=O) groups excluding carboxylic acids is 2. The molecule has 0 aliphatic heterocycles. The minimum Gasteiger partial charge on any atom is -0.392 e. The summed E-state index contributed by atoms with van der Waals surface area (Å²) in [5, 5.41) is 14.9. The first-order valence-electron chi connectivity index (χ1n) is 10.0. The number of rotatable bonds is 8. The first-order chi connectivity index (χ1) is 14.6. The predicted octanol–water partition coefficient (Wildman–Crippen LogP) is 3.60. The van der Waals surface area contributed by atoms with E-state index in [2.05, 4.69) is 17.6 Å². The smallest absolute Gasteiger partial charge is 0.251 e. The molecule has 0 saturated heterocycles. The lowest BCUT2D eigenvalue weighted by molar-refractivity contribution is 0.0943. The van der Waals surface area contributed by atoms with Gasteiger partial charge < -0.3 is 15.7 Å². The monoisotopic (exact) mass is 402 g/mol. The third-order valence-electron chi connectivity index (χ3n) is 4.92. The number of hydrogen-bond donors (Lipinski definition) is 3. The molecule has 0 aromatic heterocycles. The van der Waals surface area contributed by atoms with E-state index in [-0.39, 0.29) is 18.4 Å². The molecule has 154 valence electrons. The van der Waals surface area contributed by atoms with Crippen LogP contribution in [0, 0.1) is 0 Å². The van der Waals surface area contributed by atoms with Crippen LogP contribution in [-0.2, 0) is 26.1 Å². The van der Waals surface area contributed by atoms with Crippen molar-refractivity contribution in [1.82, 2.24) is 10.6 Å². The fourth-order valence-corrected chi connectivity index (χ4v) is 3.07. The Morgan fingerprint density at radius 1 is 0.700 bits per heavy atom. The Bertz CT molecular complexity index is 917. The summed E-state index contributed by atoms with van der Waals surface area (Å²) in [6.07, 6.45) is 0.944. The maximum atomic E-state index is 12.3. The molecule has 5 nitrogen and oxygen atoms in total. The second-order valence-electron chi connectivity index (χ2n) is 7.09. The lowest BCUT2D eigenvalue weighted by Crippen LogP contribution is -2.24. The van der Waals surface area contributed by atoms with E-state index in [0.717, 1.165) is 23.1 Å². The van der Waals surface area contributed by atoms with Crippen molar-refractivity contribution < 1.29 is 14.7 Å². The Morgan fingerprint density at radius 3 is 1.60 bits per heavy atom. The molecule has 3 aromatic rings. The van der Waals surface area contributed by atoms with E-state index < -0.39 is 0 Å². The van der Waals surface area contributed by atoms with Gasteiger partial charge in [0, 0.05) is 24.2 Å². The Labute approximate surface area is 176 Å². The van der Waals surface area contributed by atoms with Gasteiger partial charge in [0.1, 0.15) is 0 Å². The van der Waals surface area contributed by atoms with Crippen LogP contribution >= 0.6 is 0 Å². The molecule has 5 heteroatoms. The second kappa shape index (κ2) is 10.4. The number of amides is 2. The molecule has 0 fully saturated rings. The molecule has 2 amide bonds. The molecule has 0 heterocycles. The highest BCUT2D eigenvalue weighted by atomic mass is 16.3. The van der Waals surface area contributed by atoms with Crippen LogP contribution in [0.2, 0.25) is 0 Å². The maximum absolute atomic E-state index is 12.3. The van der Waals surface area contributed by atoms with E-state index >= 15 is 0 Å². The third kappa shape index (κ3) is 5.78. The molecule has 0 spiro atoms. The number of carbonyl (C=O) groups is 2. The van der Waals surface area contributed by atoms with Crippen molar-refractivity contribution in [3.05, 3.63) is 106 Å². The van der Waals surface area contributed by atoms with Gasteiger partial charge in [0.25, 0.3) is 11.8 Å². The Balaban J connectivity index is 1.53. The molecule has 0 aliphatic carbocycles. The summed E-state index contributed by atoms with van der Waals surface area (Å²) in [4.78, 5) is 24.6. The van der Waals surface area contributed by atoms with E-state index in [0.29, 0.717) is 24.2 Å². The average Bonchev–Trinajstić information content (AvgIpc) is 2.81. The first kappa shape index (κ1) is 21.3. The van der Waals surface area contributed by atoms with Gasteiger partial charge in [0.15, 0.2) is 0 Å². The van der Waals surface area contributed by atoms with Crippen molar-refractivity contribution in [2.24, 2.45) is 0 Å². The highest BCUT2D eigenvalue weighted by molar-refractivity contribution is 5.94. The molecular weight excluding hydrogens is 376 g/mol. The Hall–Kier alpha value is -3.44. The largest absolute Gasteiger partial charge is 0.392 e. The minimum absolute atomic E-state index is 0.0464. The van der Waals surface area contributed by atoms with E-state index in [9.17, 15) is 9.59 Å². The van der Waals surface area contributed by atoms with Gasteiger partial charge in [0.05, 0.1) is 6.61 Å². The minimum atomic E-state index is -0.172. The zero-order valence-electron chi connectivity index (χ0n) is 17.0. The van der Waals surface area contributed by atoms with Crippen molar-refractivity contribution in [2.45, 2.75) is 33.0 Å². The maximum Gasteiger partial charge on any atom is 0.251 e. The fourth-order valence-electron chi connectivity index (χ4n) is 3.07. The molecule has 0 aliphatic rings. The quantitative estimate of drug-likeness (QED) is 0.539. The normalized spacial score (nSPS) is 10.5. The van der Waals surface area contributed by atoms with Gasteiger partial charge in [-0.3, -0.25) is 9.59 Å². The lowest BCUT2D eigenvalue weighted by Gasteiger charge is -2.09. The Morgan fingerprint density at radius 2 is 1.17 bits per heavy atom. The number of aryl methyl sites for hydroxylation is 1. The van der Waals surface area contributed by atoms with Crippen LogP contribution in [0.15, 0.2) is 72.8 Å². The average molecular weight is 402 g/mol. The predicted molar refractivity (Wildman–Crippen MR) is 117 cm³/mol. The van der Waals surface area contributed by atoms with Crippen molar-refractivity contribution >= 4 is 11.8 Å². The van der Waals surface area contributed by atoms with Gasteiger partial charge in [0.2, 0.25) is 0 Å². The topological polar surface area (TPSA) is 78.4 Å². The number of aliphatic hydroxyl groups excluding tert-OH is 1. The second-order valence-corrected chi connectivity index (χ2v) is 7.09. The third-order valence-corrected chi connectivity index (χ3v) is 4.92. The summed E-state index contributed by atoms with van der Waals surface area (Å²) >= 11 is 0. The van der Waals surface area contributed by atoms with E-state index in [4.69, 9.17) is 5.11 Å². The molecule has 3 aromatic carbocycles. The zero-order valence-corrected chi connectivity index (χ0v) is 17.0. The van der Waals surface area contributed by atoms with Crippen molar-refractivity contribution in [3.63, 3.8) is 0 Å². The van der Waals surface area contributed by atoms with Gasteiger partial charge in [-0.2, -0.15) is 0 Å². The number of aliphatic hydroxyl groups is 1. The SMILES string of the molecule is CCc1ccc(C(=O)NCc2cccc(CNC(=O)c3ccc(CO)cc3)c2)cc1. The van der Waals surface area contributed by atoms with E-state index in [1.165, 1.54) is 5.56 Å². The summed E-state index contributed by atoms with van der Waals surface area (Å²) < 4.78 is 0. The lowest BCUT2D eigenvalue weighted by atomic mass is 10.1. The summed E-state index contributed by atoms with van der Waals surface area (Å²) in [6.45, 7) is 2.84. The van der Waals surface area contributed by atoms with Crippen LogP contribution in [-0.4, -0.2) is 16.9 Å². The van der Waals surface area contributed by atoms with Crippen LogP contribution in [0.3, 0.4) is 0 Å². The van der Waals surface area contributed by atoms with Gasteiger partial charge >= 0.3 is 0 Å². The summed E-state index contributed by atoms with van der Waals surface area (Å²) in [7, 11) is 0. The van der Waals surface area contributed by atoms with Crippen molar-refractivity contribution in [3.8, 4) is 0 Å². The molecule has 0 saturated carbocycles. The van der Waals surface area contributed by atoms with Crippen LogP contribution in [0.5, 0.6) is 0 Å². The van der Waals surface area contributed by atoms with E-state index in [1.54, 1.807) is 24.3 Å². The van der Waals surface area contributed by atoms with Gasteiger partial charge in [-0.25, -0.2) is 0 Å². The Kier molecular flexibility index (Phi) is 7.35. The van der Waals surface area contributed by atoms with Crippen molar-refractivity contribution in [1.29, 1.82) is 0 Å². The molecule has 30 heavy (non-hydrogen) atoms. The summed E-state index contributed by atoms with van der Waals surface area (Å²) in [5.74, 6) is -0.281. The summed E-state index contributed by atoms with van der Waals surface area (Å²) in [6, 6.07) is 22.2. The van der Waals surface area contributed by atoms with Crippen LogP contribution in [0.1, 0.15) is 49.9 Å². The van der Waals surface area contributed by atoms with Gasteiger partial charge in [-0.1, -0.05) is 55.5 Å². The number of hydrogen-bond acceptors (Lipinski definition) is 3. The highest BCUT2D eigenvalue weighted by Gasteiger charge is 2.07. The zero-order chi connectivity index (χ0) is 21.3. The first-order valence-corrected chi connectivity index (χ1v) is 10.0. The highest BCUT2D eigenvalue weighted by Crippen LogP contribution is 2.09. The van der Waals surface area contributed by atoms with Gasteiger partial charge in [-0.05, 0) is 52.9 Å². The molecule has 3 N–H and O–H groups in total. The van der Waals surface area contributed by atoms with E-state index in [1.807, 2.05) is 48.5 Å². The van der Waals surface area contributed by atoms with Crippen LogP contribution < -0.4 is 10.6 Å². The van der Waals surface area contributed by atoms with Crippen LogP contribution in [0.4, 0.5) is 0 Å². The van der Waals surface area contributed by atoms with Crippen LogP contribution in [0.25, 0.3) is 0 Å². The molecule has 0 radical (unpaired) electrons. The molecule has 0 atom stereocenters. The molecule has 0 unspecified atom stereocenters. The fraction of sp³-hybridized carbons (Fsp3) is 0.200. The molecule has 3 rings (SSSR count). The standard InChI is InChI=1S/C25H26N2O3/c1-2-18-6-10-22(11-7-18)24(29)26-15-20-4-3-5-21(14-20)16-27-25(30)23-12-8-19(17-28)9-13-23/h3-14,28H,2,15-17H2,1H3,(H,26,29)(H,27,30). The molecular formula is C25H26N2O3. The van der Waals surface area contributed by atoms with Gasteiger partial charge in [-0.15, -0.1) is 0 Å². The number of benzene rings is 3. The van der Waals surface area contributed by atoms with Crippen molar-refractivity contribution in [2.75, 3.05) is 0 Å².